The normalized spacial score (nSPS) is 10.5. The molecular weight excluding hydrogens is 364 g/mol. The van der Waals surface area contributed by atoms with Crippen LogP contribution in [0, 0.1) is 6.92 Å². The summed E-state index contributed by atoms with van der Waals surface area (Å²) in [4.78, 5) is 25.3. The molecule has 1 N–H and O–H groups in total. The van der Waals surface area contributed by atoms with Crippen molar-refractivity contribution < 1.29 is 4.79 Å². The molecule has 0 unspecified atom stereocenters. The molecule has 1 amide bonds. The molecule has 4 heterocycles. The third kappa shape index (κ3) is 4.47. The SMILES string of the molecule is Cc1cc(CC(=O)Nc2ccc(-c3ccnnc3)cn2)cnc1-c1ccncc1. The van der Waals surface area contributed by atoms with E-state index in [0.29, 0.717) is 5.82 Å². The number of hydrogen-bond donors (Lipinski definition) is 1. The molecule has 0 aromatic carbocycles. The van der Waals surface area contributed by atoms with Crippen molar-refractivity contribution in [2.45, 2.75) is 13.3 Å². The largest absolute Gasteiger partial charge is 0.310 e. The van der Waals surface area contributed by atoms with Crippen LogP contribution in [-0.4, -0.2) is 31.1 Å². The van der Waals surface area contributed by atoms with Gasteiger partial charge in [-0.25, -0.2) is 4.98 Å². The van der Waals surface area contributed by atoms with Crippen molar-refractivity contribution >= 4 is 11.7 Å². The number of amides is 1. The lowest BCUT2D eigenvalue weighted by Crippen LogP contribution is -2.15. The first-order valence-corrected chi connectivity index (χ1v) is 9.08. The van der Waals surface area contributed by atoms with E-state index in [1.165, 1.54) is 0 Å². The van der Waals surface area contributed by atoms with Crippen LogP contribution in [-0.2, 0) is 11.2 Å². The maximum absolute atomic E-state index is 12.4. The van der Waals surface area contributed by atoms with E-state index in [1.54, 1.807) is 43.2 Å². The maximum Gasteiger partial charge on any atom is 0.230 e. The fraction of sp³-hybridized carbons (Fsp3) is 0.0909. The van der Waals surface area contributed by atoms with E-state index in [2.05, 4.69) is 30.5 Å². The minimum Gasteiger partial charge on any atom is -0.310 e. The second-order valence-electron chi connectivity index (χ2n) is 6.53. The van der Waals surface area contributed by atoms with E-state index >= 15 is 0 Å². The lowest BCUT2D eigenvalue weighted by Gasteiger charge is -2.09. The number of aryl methyl sites for hydroxylation is 1. The molecule has 0 fully saturated rings. The zero-order valence-electron chi connectivity index (χ0n) is 15.8. The Kier molecular flexibility index (Phi) is 5.29. The second kappa shape index (κ2) is 8.35. The van der Waals surface area contributed by atoms with Crippen LogP contribution in [0.15, 0.2) is 73.6 Å². The quantitative estimate of drug-likeness (QED) is 0.568. The Hall–Kier alpha value is -4.00. The lowest BCUT2D eigenvalue weighted by molar-refractivity contribution is -0.115. The fourth-order valence-corrected chi connectivity index (χ4v) is 3.01. The van der Waals surface area contributed by atoms with E-state index in [4.69, 9.17) is 0 Å². The minimum absolute atomic E-state index is 0.145. The van der Waals surface area contributed by atoms with Gasteiger partial charge >= 0.3 is 0 Å². The van der Waals surface area contributed by atoms with Gasteiger partial charge in [0.1, 0.15) is 5.82 Å². The number of aromatic nitrogens is 5. The Bertz CT molecular complexity index is 1120. The molecule has 29 heavy (non-hydrogen) atoms. The number of carbonyl (C=O) groups is 1. The summed E-state index contributed by atoms with van der Waals surface area (Å²) in [6.07, 6.45) is 10.4. The van der Waals surface area contributed by atoms with E-state index in [9.17, 15) is 4.79 Å². The number of nitrogens with one attached hydrogen (secondary N) is 1. The van der Waals surface area contributed by atoms with Gasteiger partial charge in [0, 0.05) is 41.5 Å². The van der Waals surface area contributed by atoms with Crippen LogP contribution < -0.4 is 5.32 Å². The monoisotopic (exact) mass is 382 g/mol. The van der Waals surface area contributed by atoms with Gasteiger partial charge in [-0.05, 0) is 48.4 Å². The second-order valence-corrected chi connectivity index (χ2v) is 6.53. The highest BCUT2D eigenvalue weighted by atomic mass is 16.1. The average Bonchev–Trinajstić information content (AvgIpc) is 2.75. The van der Waals surface area contributed by atoms with Gasteiger partial charge in [0.25, 0.3) is 0 Å². The Morgan fingerprint density at radius 3 is 2.34 bits per heavy atom. The molecule has 0 saturated carbocycles. The lowest BCUT2D eigenvalue weighted by atomic mass is 10.1. The summed E-state index contributed by atoms with van der Waals surface area (Å²) in [6.45, 7) is 1.98. The Balaban J connectivity index is 1.41. The third-order valence-corrected chi connectivity index (χ3v) is 4.40. The first-order valence-electron chi connectivity index (χ1n) is 9.08. The number of nitrogens with zero attached hydrogens (tertiary/aromatic N) is 5. The molecule has 142 valence electrons. The van der Waals surface area contributed by atoms with Gasteiger partial charge < -0.3 is 5.32 Å². The number of carbonyl (C=O) groups excluding carboxylic acids is 1. The average molecular weight is 382 g/mol. The van der Waals surface area contributed by atoms with Gasteiger partial charge in [-0.15, -0.1) is 0 Å². The molecular formula is C22H18N6O. The number of hydrogen-bond acceptors (Lipinski definition) is 6. The van der Waals surface area contributed by atoms with Crippen molar-refractivity contribution in [2.24, 2.45) is 0 Å². The molecule has 0 radical (unpaired) electrons. The first-order chi connectivity index (χ1) is 14.2. The molecule has 4 aromatic rings. The van der Waals surface area contributed by atoms with Crippen molar-refractivity contribution in [1.29, 1.82) is 0 Å². The smallest absolute Gasteiger partial charge is 0.230 e. The first kappa shape index (κ1) is 18.4. The van der Waals surface area contributed by atoms with Crippen molar-refractivity contribution in [2.75, 3.05) is 5.32 Å². The molecule has 0 bridgehead atoms. The molecule has 4 rings (SSSR count). The van der Waals surface area contributed by atoms with Gasteiger partial charge in [-0.2, -0.15) is 10.2 Å². The molecule has 4 aromatic heterocycles. The Morgan fingerprint density at radius 2 is 1.66 bits per heavy atom. The van der Waals surface area contributed by atoms with Gasteiger partial charge in [0.05, 0.1) is 24.5 Å². The predicted octanol–water partition coefficient (Wildman–Crippen LogP) is 3.49. The van der Waals surface area contributed by atoms with Crippen molar-refractivity contribution in [3.05, 3.63) is 84.7 Å². The minimum atomic E-state index is -0.145. The molecule has 0 atom stereocenters. The zero-order valence-corrected chi connectivity index (χ0v) is 15.8. The fourth-order valence-electron chi connectivity index (χ4n) is 3.01. The number of anilines is 1. The summed E-state index contributed by atoms with van der Waals surface area (Å²) in [7, 11) is 0. The Labute approximate surface area is 167 Å². The summed E-state index contributed by atoms with van der Waals surface area (Å²) in [5.41, 5.74) is 5.57. The molecule has 7 heteroatoms. The Morgan fingerprint density at radius 1 is 0.862 bits per heavy atom. The molecule has 0 aliphatic carbocycles. The highest BCUT2D eigenvalue weighted by molar-refractivity contribution is 5.91. The number of rotatable bonds is 5. The van der Waals surface area contributed by atoms with Crippen LogP contribution in [0.25, 0.3) is 22.4 Å². The number of pyridine rings is 3. The van der Waals surface area contributed by atoms with E-state index in [1.807, 2.05) is 37.3 Å². The molecule has 7 nitrogen and oxygen atoms in total. The highest BCUT2D eigenvalue weighted by Gasteiger charge is 2.09. The van der Waals surface area contributed by atoms with Crippen molar-refractivity contribution in [1.82, 2.24) is 25.1 Å². The summed E-state index contributed by atoms with van der Waals surface area (Å²) in [6, 6.07) is 11.3. The molecule has 0 saturated heterocycles. The molecule has 0 aliphatic heterocycles. The summed E-state index contributed by atoms with van der Waals surface area (Å²) in [5, 5.41) is 10.4. The van der Waals surface area contributed by atoms with Gasteiger partial charge in [-0.3, -0.25) is 14.8 Å². The third-order valence-electron chi connectivity index (χ3n) is 4.40. The van der Waals surface area contributed by atoms with Crippen LogP contribution in [0.3, 0.4) is 0 Å². The van der Waals surface area contributed by atoms with Crippen LogP contribution in [0.2, 0.25) is 0 Å². The van der Waals surface area contributed by atoms with Gasteiger partial charge in [0.15, 0.2) is 0 Å². The van der Waals surface area contributed by atoms with Crippen LogP contribution in [0.4, 0.5) is 5.82 Å². The predicted molar refractivity (Wildman–Crippen MR) is 110 cm³/mol. The van der Waals surface area contributed by atoms with E-state index in [-0.39, 0.29) is 12.3 Å². The topological polar surface area (TPSA) is 93.6 Å². The summed E-state index contributed by atoms with van der Waals surface area (Å²) < 4.78 is 0. The van der Waals surface area contributed by atoms with E-state index < -0.39 is 0 Å². The molecule has 0 aliphatic rings. The van der Waals surface area contributed by atoms with Gasteiger partial charge in [0.2, 0.25) is 5.91 Å². The summed E-state index contributed by atoms with van der Waals surface area (Å²) in [5.74, 6) is 0.354. The van der Waals surface area contributed by atoms with Crippen LogP contribution >= 0.6 is 0 Å². The van der Waals surface area contributed by atoms with Crippen molar-refractivity contribution in [3.63, 3.8) is 0 Å². The van der Waals surface area contributed by atoms with Crippen LogP contribution in [0.1, 0.15) is 11.1 Å². The van der Waals surface area contributed by atoms with Crippen molar-refractivity contribution in [3.8, 4) is 22.4 Å². The maximum atomic E-state index is 12.4. The molecule has 0 spiro atoms. The van der Waals surface area contributed by atoms with Crippen LogP contribution in [0.5, 0.6) is 0 Å². The highest BCUT2D eigenvalue weighted by Crippen LogP contribution is 2.21. The standard InChI is InChI=1S/C22H18N6O/c1-15-10-16(12-25-22(15)17-4-7-23-8-5-17)11-21(29)28-20-3-2-18(13-24-20)19-6-9-26-27-14-19/h2-10,12-14H,11H2,1H3,(H,24,28,29). The zero-order chi connectivity index (χ0) is 20.1. The van der Waals surface area contributed by atoms with Gasteiger partial charge in [-0.1, -0.05) is 6.07 Å². The van der Waals surface area contributed by atoms with E-state index in [0.717, 1.165) is 33.5 Å². The summed E-state index contributed by atoms with van der Waals surface area (Å²) >= 11 is 0.